The van der Waals surface area contributed by atoms with Crippen LogP contribution >= 0.6 is 0 Å². The van der Waals surface area contributed by atoms with Crippen LogP contribution in [0.2, 0.25) is 0 Å². The maximum atomic E-state index is 11.1. The highest BCUT2D eigenvalue weighted by Gasteiger charge is 2.19. The Balaban J connectivity index is 2.02. The summed E-state index contributed by atoms with van der Waals surface area (Å²) in [6.07, 6.45) is 1.84. The van der Waals surface area contributed by atoms with Crippen LogP contribution in [0.5, 0.6) is 0 Å². The van der Waals surface area contributed by atoms with Gasteiger partial charge in [-0.15, -0.1) is 0 Å². The van der Waals surface area contributed by atoms with E-state index in [0.29, 0.717) is 19.8 Å². The molecule has 1 aliphatic heterocycles. The number of esters is 1. The zero-order valence-corrected chi connectivity index (χ0v) is 8.04. The molecule has 0 saturated carbocycles. The van der Waals surface area contributed by atoms with Gasteiger partial charge in [-0.05, 0) is 13.0 Å². The van der Waals surface area contributed by atoms with E-state index in [9.17, 15) is 4.79 Å². The molecule has 0 aromatic heterocycles. The Labute approximate surface area is 78.6 Å². The summed E-state index contributed by atoms with van der Waals surface area (Å²) in [5.41, 5.74) is 0. The summed E-state index contributed by atoms with van der Waals surface area (Å²) in [6.45, 7) is 4.49. The van der Waals surface area contributed by atoms with Crippen molar-refractivity contribution in [3.8, 4) is 0 Å². The first kappa shape index (κ1) is 10.5. The van der Waals surface area contributed by atoms with Gasteiger partial charge in [0.2, 0.25) is 0 Å². The lowest BCUT2D eigenvalue weighted by molar-refractivity contribution is -0.147. The zero-order chi connectivity index (χ0) is 9.52. The average Bonchev–Trinajstić information content (AvgIpc) is 2.57. The standard InChI is InChI=1S/C9H17NO3/c1-2-4-10-6-9(11)13-8-3-5-12-7-8/h8,10H,2-7H2,1H3. The summed E-state index contributed by atoms with van der Waals surface area (Å²) >= 11 is 0. The average molecular weight is 187 g/mol. The van der Waals surface area contributed by atoms with Crippen molar-refractivity contribution in [3.63, 3.8) is 0 Å². The SMILES string of the molecule is CCCNCC(=O)OC1CCOC1. The molecule has 0 aromatic rings. The van der Waals surface area contributed by atoms with Crippen molar-refractivity contribution in [2.75, 3.05) is 26.3 Å². The van der Waals surface area contributed by atoms with Crippen LogP contribution < -0.4 is 5.32 Å². The molecule has 0 spiro atoms. The van der Waals surface area contributed by atoms with Crippen molar-refractivity contribution in [2.45, 2.75) is 25.9 Å². The minimum absolute atomic E-state index is 0.0177. The third-order valence-corrected chi connectivity index (χ3v) is 1.88. The van der Waals surface area contributed by atoms with Crippen molar-refractivity contribution in [3.05, 3.63) is 0 Å². The Hall–Kier alpha value is -0.610. The van der Waals surface area contributed by atoms with Gasteiger partial charge in [0, 0.05) is 6.42 Å². The summed E-state index contributed by atoms with van der Waals surface area (Å²) in [7, 11) is 0. The van der Waals surface area contributed by atoms with Gasteiger partial charge < -0.3 is 14.8 Å². The smallest absolute Gasteiger partial charge is 0.320 e. The second-order valence-corrected chi connectivity index (χ2v) is 3.15. The van der Waals surface area contributed by atoms with Crippen LogP contribution in [0.4, 0.5) is 0 Å². The summed E-state index contributed by atoms with van der Waals surface area (Å²) < 4.78 is 10.2. The van der Waals surface area contributed by atoms with Crippen LogP contribution in [-0.2, 0) is 14.3 Å². The number of carbonyl (C=O) groups excluding carboxylic acids is 1. The van der Waals surface area contributed by atoms with Crippen molar-refractivity contribution >= 4 is 5.97 Å². The van der Waals surface area contributed by atoms with E-state index in [1.807, 2.05) is 0 Å². The molecule has 1 N–H and O–H groups in total. The Morgan fingerprint density at radius 2 is 2.54 bits per heavy atom. The lowest BCUT2D eigenvalue weighted by Gasteiger charge is -2.09. The molecule has 1 rings (SSSR count). The van der Waals surface area contributed by atoms with Gasteiger partial charge in [-0.2, -0.15) is 0 Å². The fraction of sp³-hybridized carbons (Fsp3) is 0.889. The van der Waals surface area contributed by atoms with Crippen LogP contribution in [0.1, 0.15) is 19.8 Å². The summed E-state index contributed by atoms with van der Waals surface area (Å²) in [5.74, 6) is -0.177. The van der Waals surface area contributed by atoms with Gasteiger partial charge in [0.1, 0.15) is 6.10 Å². The molecule has 4 heteroatoms. The summed E-state index contributed by atoms with van der Waals surface area (Å²) in [5, 5.41) is 2.99. The van der Waals surface area contributed by atoms with Crippen molar-refractivity contribution in [1.29, 1.82) is 0 Å². The van der Waals surface area contributed by atoms with Gasteiger partial charge in [0.25, 0.3) is 0 Å². The lowest BCUT2D eigenvalue weighted by atomic mass is 10.3. The Morgan fingerprint density at radius 1 is 1.69 bits per heavy atom. The van der Waals surface area contributed by atoms with Gasteiger partial charge in [-0.1, -0.05) is 6.92 Å². The molecule has 1 aliphatic rings. The lowest BCUT2D eigenvalue weighted by Crippen LogP contribution is -2.28. The Kier molecular flexibility index (Phi) is 4.78. The number of carbonyl (C=O) groups is 1. The molecule has 1 heterocycles. The molecule has 4 nitrogen and oxygen atoms in total. The molecule has 1 unspecified atom stereocenters. The highest BCUT2D eigenvalue weighted by molar-refractivity contribution is 5.71. The van der Waals surface area contributed by atoms with Crippen LogP contribution in [-0.4, -0.2) is 38.4 Å². The third kappa shape index (κ3) is 4.24. The predicted molar refractivity (Wildman–Crippen MR) is 48.5 cm³/mol. The zero-order valence-electron chi connectivity index (χ0n) is 8.04. The maximum Gasteiger partial charge on any atom is 0.320 e. The minimum atomic E-state index is -0.177. The highest BCUT2D eigenvalue weighted by Crippen LogP contribution is 2.07. The highest BCUT2D eigenvalue weighted by atomic mass is 16.6. The molecule has 0 radical (unpaired) electrons. The van der Waals surface area contributed by atoms with Crippen LogP contribution in [0.15, 0.2) is 0 Å². The number of nitrogens with one attached hydrogen (secondary N) is 1. The number of rotatable bonds is 5. The second kappa shape index (κ2) is 5.94. The van der Waals surface area contributed by atoms with Gasteiger partial charge in [0.05, 0.1) is 19.8 Å². The van der Waals surface area contributed by atoms with E-state index in [4.69, 9.17) is 9.47 Å². The number of hydrogen-bond donors (Lipinski definition) is 1. The number of hydrogen-bond acceptors (Lipinski definition) is 4. The monoisotopic (exact) mass is 187 g/mol. The first-order valence-corrected chi connectivity index (χ1v) is 4.81. The summed E-state index contributed by atoms with van der Waals surface area (Å²) in [6, 6.07) is 0. The van der Waals surface area contributed by atoms with Gasteiger partial charge >= 0.3 is 5.97 Å². The van der Waals surface area contributed by atoms with Crippen LogP contribution in [0, 0.1) is 0 Å². The van der Waals surface area contributed by atoms with Crippen molar-refractivity contribution < 1.29 is 14.3 Å². The molecule has 1 saturated heterocycles. The molecule has 0 bridgehead atoms. The van der Waals surface area contributed by atoms with Crippen LogP contribution in [0.3, 0.4) is 0 Å². The topological polar surface area (TPSA) is 47.6 Å². The van der Waals surface area contributed by atoms with E-state index < -0.39 is 0 Å². The Bertz CT molecular complexity index is 155. The van der Waals surface area contributed by atoms with E-state index in [1.54, 1.807) is 0 Å². The van der Waals surface area contributed by atoms with Crippen molar-refractivity contribution in [1.82, 2.24) is 5.32 Å². The van der Waals surface area contributed by atoms with Crippen molar-refractivity contribution in [2.24, 2.45) is 0 Å². The molecule has 0 amide bonds. The molecular formula is C9H17NO3. The molecule has 0 aromatic carbocycles. The molecule has 76 valence electrons. The normalized spacial score (nSPS) is 21.8. The van der Waals surface area contributed by atoms with Gasteiger partial charge in [0.15, 0.2) is 0 Å². The van der Waals surface area contributed by atoms with Gasteiger partial charge in [-0.3, -0.25) is 4.79 Å². The quantitative estimate of drug-likeness (QED) is 0.497. The van der Waals surface area contributed by atoms with E-state index in [2.05, 4.69) is 12.2 Å². The minimum Gasteiger partial charge on any atom is -0.459 e. The Morgan fingerprint density at radius 3 is 3.15 bits per heavy atom. The molecule has 1 fully saturated rings. The molecule has 0 aliphatic carbocycles. The first-order chi connectivity index (χ1) is 6.33. The van der Waals surface area contributed by atoms with E-state index in [-0.39, 0.29) is 12.1 Å². The van der Waals surface area contributed by atoms with Gasteiger partial charge in [-0.25, -0.2) is 0 Å². The molecular weight excluding hydrogens is 170 g/mol. The fourth-order valence-corrected chi connectivity index (χ4v) is 1.20. The van der Waals surface area contributed by atoms with Crippen LogP contribution in [0.25, 0.3) is 0 Å². The largest absolute Gasteiger partial charge is 0.459 e. The first-order valence-electron chi connectivity index (χ1n) is 4.81. The second-order valence-electron chi connectivity index (χ2n) is 3.15. The maximum absolute atomic E-state index is 11.1. The summed E-state index contributed by atoms with van der Waals surface area (Å²) in [4.78, 5) is 11.1. The number of ether oxygens (including phenoxy) is 2. The predicted octanol–water partition coefficient (Wildman–Crippen LogP) is 0.318. The molecule has 13 heavy (non-hydrogen) atoms. The third-order valence-electron chi connectivity index (χ3n) is 1.88. The fourth-order valence-electron chi connectivity index (χ4n) is 1.20. The molecule has 1 atom stereocenters. The van der Waals surface area contributed by atoms with E-state index in [0.717, 1.165) is 19.4 Å². The van der Waals surface area contributed by atoms with E-state index >= 15 is 0 Å². The van der Waals surface area contributed by atoms with E-state index in [1.165, 1.54) is 0 Å².